The molecule has 1 aromatic rings. The molecule has 0 heterocycles. The molecule has 0 aliphatic heterocycles. The fraction of sp³-hybridized carbons (Fsp3) is 0.462. The van der Waals surface area contributed by atoms with Crippen LogP contribution in [0.15, 0.2) is 18.2 Å². The summed E-state index contributed by atoms with van der Waals surface area (Å²) in [6.45, 7) is 2.25. The van der Waals surface area contributed by atoms with Gasteiger partial charge in [0.05, 0.1) is 17.7 Å². The lowest BCUT2D eigenvalue weighted by Crippen LogP contribution is -2.08. The fourth-order valence-corrected chi connectivity index (χ4v) is 1.66. The maximum atomic E-state index is 13.6. The molecule has 100 valence electrons. The van der Waals surface area contributed by atoms with Gasteiger partial charge in [-0.2, -0.15) is 0 Å². The van der Waals surface area contributed by atoms with Crippen LogP contribution in [0.1, 0.15) is 37.9 Å². The second kappa shape index (κ2) is 7.34. The van der Waals surface area contributed by atoms with E-state index in [1.54, 1.807) is 6.07 Å². The predicted octanol–water partition coefficient (Wildman–Crippen LogP) is 3.25. The second-order valence-electron chi connectivity index (χ2n) is 3.92. The Hall–Kier alpha value is -1.13. The number of halogens is 2. The highest BCUT2D eigenvalue weighted by molar-refractivity contribution is 6.30. The van der Waals surface area contributed by atoms with Gasteiger partial charge in [0.1, 0.15) is 5.82 Å². The van der Waals surface area contributed by atoms with Crippen LogP contribution in [-0.2, 0) is 9.53 Å². The Labute approximate surface area is 111 Å². The van der Waals surface area contributed by atoms with Crippen molar-refractivity contribution in [3.63, 3.8) is 0 Å². The standard InChI is InChI=1S/C13H16ClFO3/c1-2-8-18-12(17)7-6-11(16)9-4-3-5-10(14)13(9)15/h3-5,11,16H,2,6-8H2,1H3. The number of carbonyl (C=O) groups is 1. The Morgan fingerprint density at radius 2 is 2.28 bits per heavy atom. The molecule has 1 aromatic carbocycles. The van der Waals surface area contributed by atoms with Gasteiger partial charge >= 0.3 is 5.97 Å². The molecule has 0 saturated carbocycles. The minimum absolute atomic E-state index is 0.0416. The molecule has 1 N–H and O–H groups in total. The molecule has 0 bridgehead atoms. The summed E-state index contributed by atoms with van der Waals surface area (Å²) in [5, 5.41) is 9.75. The smallest absolute Gasteiger partial charge is 0.305 e. The quantitative estimate of drug-likeness (QED) is 0.810. The van der Waals surface area contributed by atoms with E-state index in [-0.39, 0.29) is 23.4 Å². The summed E-state index contributed by atoms with van der Waals surface area (Å²) in [6.07, 6.45) is -0.151. The number of carbonyl (C=O) groups excluding carboxylic acids is 1. The minimum Gasteiger partial charge on any atom is -0.466 e. The van der Waals surface area contributed by atoms with Crippen LogP contribution < -0.4 is 0 Å². The average Bonchev–Trinajstić information content (AvgIpc) is 2.36. The third kappa shape index (κ3) is 4.27. The van der Waals surface area contributed by atoms with Gasteiger partial charge in [-0.3, -0.25) is 4.79 Å². The molecular weight excluding hydrogens is 259 g/mol. The van der Waals surface area contributed by atoms with Crippen molar-refractivity contribution in [3.05, 3.63) is 34.6 Å². The molecule has 0 amide bonds. The normalized spacial score (nSPS) is 12.2. The topological polar surface area (TPSA) is 46.5 Å². The third-order valence-corrected chi connectivity index (χ3v) is 2.72. The molecule has 3 nitrogen and oxygen atoms in total. The van der Waals surface area contributed by atoms with Crippen LogP contribution in [0.5, 0.6) is 0 Å². The van der Waals surface area contributed by atoms with Crippen LogP contribution >= 0.6 is 11.6 Å². The number of benzene rings is 1. The molecule has 0 aliphatic carbocycles. The lowest BCUT2D eigenvalue weighted by atomic mass is 10.0. The summed E-state index contributed by atoms with van der Waals surface area (Å²) in [7, 11) is 0. The van der Waals surface area contributed by atoms with Crippen molar-refractivity contribution < 1.29 is 19.0 Å². The number of aliphatic hydroxyl groups excluding tert-OH is 1. The Kier molecular flexibility index (Phi) is 6.09. The van der Waals surface area contributed by atoms with Crippen molar-refractivity contribution in [1.82, 2.24) is 0 Å². The van der Waals surface area contributed by atoms with E-state index in [4.69, 9.17) is 16.3 Å². The molecule has 0 spiro atoms. The predicted molar refractivity (Wildman–Crippen MR) is 66.9 cm³/mol. The molecule has 0 aliphatic rings. The van der Waals surface area contributed by atoms with E-state index in [0.29, 0.717) is 6.61 Å². The highest BCUT2D eigenvalue weighted by Gasteiger charge is 2.16. The van der Waals surface area contributed by atoms with Crippen molar-refractivity contribution in [2.75, 3.05) is 6.61 Å². The van der Waals surface area contributed by atoms with Gasteiger partial charge < -0.3 is 9.84 Å². The van der Waals surface area contributed by atoms with E-state index in [9.17, 15) is 14.3 Å². The average molecular weight is 275 g/mol. The molecule has 1 atom stereocenters. The minimum atomic E-state index is -1.06. The third-order valence-electron chi connectivity index (χ3n) is 2.43. The van der Waals surface area contributed by atoms with E-state index in [1.165, 1.54) is 12.1 Å². The van der Waals surface area contributed by atoms with E-state index in [2.05, 4.69) is 0 Å². The zero-order valence-electron chi connectivity index (χ0n) is 10.2. The van der Waals surface area contributed by atoms with Gasteiger partial charge in [-0.25, -0.2) is 4.39 Å². The number of esters is 1. The number of hydrogen-bond donors (Lipinski definition) is 1. The summed E-state index contributed by atoms with van der Waals surface area (Å²) in [5.74, 6) is -1.04. The summed E-state index contributed by atoms with van der Waals surface area (Å²) in [6, 6.07) is 4.41. The van der Waals surface area contributed by atoms with Gasteiger partial charge in [-0.15, -0.1) is 0 Å². The second-order valence-corrected chi connectivity index (χ2v) is 4.33. The lowest BCUT2D eigenvalue weighted by Gasteiger charge is -2.12. The highest BCUT2D eigenvalue weighted by Crippen LogP contribution is 2.26. The van der Waals surface area contributed by atoms with Crippen LogP contribution in [0, 0.1) is 5.82 Å². The number of hydrogen-bond acceptors (Lipinski definition) is 3. The van der Waals surface area contributed by atoms with Crippen LogP contribution in [0.2, 0.25) is 5.02 Å². The number of rotatable bonds is 6. The summed E-state index contributed by atoms with van der Waals surface area (Å²) >= 11 is 5.61. The van der Waals surface area contributed by atoms with Gasteiger partial charge in [-0.05, 0) is 18.9 Å². The monoisotopic (exact) mass is 274 g/mol. The Bertz CT molecular complexity index is 409. The largest absolute Gasteiger partial charge is 0.466 e. The first-order valence-electron chi connectivity index (χ1n) is 5.83. The first-order valence-corrected chi connectivity index (χ1v) is 6.21. The molecule has 0 saturated heterocycles. The van der Waals surface area contributed by atoms with Crippen molar-refractivity contribution in [3.8, 4) is 0 Å². The van der Waals surface area contributed by atoms with Crippen molar-refractivity contribution in [1.29, 1.82) is 0 Å². The van der Waals surface area contributed by atoms with Crippen molar-refractivity contribution in [2.45, 2.75) is 32.3 Å². The molecule has 0 radical (unpaired) electrons. The summed E-state index contributed by atoms with van der Waals surface area (Å²) < 4.78 is 18.4. The van der Waals surface area contributed by atoms with Crippen LogP contribution in [0.3, 0.4) is 0 Å². The Morgan fingerprint density at radius 3 is 2.94 bits per heavy atom. The number of ether oxygens (including phenoxy) is 1. The van der Waals surface area contributed by atoms with E-state index >= 15 is 0 Å². The zero-order valence-corrected chi connectivity index (χ0v) is 10.9. The first kappa shape index (κ1) is 14.9. The van der Waals surface area contributed by atoms with Crippen molar-refractivity contribution in [2.24, 2.45) is 0 Å². The van der Waals surface area contributed by atoms with E-state index in [1.807, 2.05) is 6.92 Å². The first-order chi connectivity index (χ1) is 8.56. The van der Waals surface area contributed by atoms with Crippen molar-refractivity contribution >= 4 is 17.6 Å². The van der Waals surface area contributed by atoms with Gasteiger partial charge in [0.15, 0.2) is 0 Å². The van der Waals surface area contributed by atoms with Gasteiger partial charge in [0, 0.05) is 12.0 Å². The fourth-order valence-electron chi connectivity index (χ4n) is 1.48. The Balaban J connectivity index is 2.52. The van der Waals surface area contributed by atoms with Crippen LogP contribution in [-0.4, -0.2) is 17.7 Å². The van der Waals surface area contributed by atoms with Crippen LogP contribution in [0.25, 0.3) is 0 Å². The molecule has 1 unspecified atom stereocenters. The maximum Gasteiger partial charge on any atom is 0.305 e. The highest BCUT2D eigenvalue weighted by atomic mass is 35.5. The summed E-state index contributed by atoms with van der Waals surface area (Å²) in [4.78, 5) is 11.2. The van der Waals surface area contributed by atoms with Gasteiger partial charge in [0.25, 0.3) is 0 Å². The van der Waals surface area contributed by atoms with Gasteiger partial charge in [0.2, 0.25) is 0 Å². The van der Waals surface area contributed by atoms with Crippen LogP contribution in [0.4, 0.5) is 4.39 Å². The molecule has 1 rings (SSSR count). The molecule has 5 heteroatoms. The maximum absolute atomic E-state index is 13.6. The summed E-state index contributed by atoms with van der Waals surface area (Å²) in [5.41, 5.74) is 0.103. The molecule has 0 aromatic heterocycles. The van der Waals surface area contributed by atoms with E-state index in [0.717, 1.165) is 6.42 Å². The lowest BCUT2D eigenvalue weighted by molar-refractivity contribution is -0.144. The van der Waals surface area contributed by atoms with Gasteiger partial charge in [-0.1, -0.05) is 30.7 Å². The molecule has 18 heavy (non-hydrogen) atoms. The molecular formula is C13H16ClFO3. The Morgan fingerprint density at radius 1 is 1.56 bits per heavy atom. The number of aliphatic hydroxyl groups is 1. The van der Waals surface area contributed by atoms with E-state index < -0.39 is 17.9 Å². The molecule has 0 fully saturated rings. The zero-order chi connectivity index (χ0) is 13.5. The SMILES string of the molecule is CCCOC(=O)CCC(O)c1cccc(Cl)c1F.